The summed E-state index contributed by atoms with van der Waals surface area (Å²) in [5, 5.41) is 3.06. The van der Waals surface area contributed by atoms with E-state index in [0.29, 0.717) is 24.8 Å². The molecule has 28 heavy (non-hydrogen) atoms. The van der Waals surface area contributed by atoms with E-state index < -0.39 is 5.41 Å². The maximum atomic E-state index is 13.3. The molecule has 0 aliphatic heterocycles. The van der Waals surface area contributed by atoms with Crippen LogP contribution in [0.2, 0.25) is 0 Å². The zero-order chi connectivity index (χ0) is 19.8. The molecular formula is C22H28N2O4. The molecule has 1 amide bonds. The van der Waals surface area contributed by atoms with Gasteiger partial charge in [0.1, 0.15) is 12.4 Å². The largest absolute Gasteiger partial charge is 0.497 e. The average Bonchev–Trinajstić information content (AvgIpc) is 2.75. The normalized spacial score (nSPS) is 15.6. The lowest BCUT2D eigenvalue weighted by molar-refractivity contribution is -0.122. The second-order valence-corrected chi connectivity index (χ2v) is 7.05. The molecule has 0 spiro atoms. The molecular weight excluding hydrogens is 356 g/mol. The van der Waals surface area contributed by atoms with Crippen LogP contribution < -0.4 is 14.8 Å². The van der Waals surface area contributed by atoms with Crippen molar-refractivity contribution in [3.63, 3.8) is 0 Å². The number of methoxy groups -OCH3 is 2. The van der Waals surface area contributed by atoms with Gasteiger partial charge in [-0.2, -0.15) is 0 Å². The Labute approximate surface area is 166 Å². The number of carbonyl (C=O) groups is 1. The molecule has 2 aromatic rings. The molecule has 6 heteroatoms. The van der Waals surface area contributed by atoms with Gasteiger partial charge in [0.25, 0.3) is 0 Å². The monoisotopic (exact) mass is 384 g/mol. The number of nitrogens with zero attached hydrogens (tertiary/aromatic N) is 1. The number of anilines is 1. The molecule has 1 saturated carbocycles. The highest BCUT2D eigenvalue weighted by Crippen LogP contribution is 2.41. The van der Waals surface area contributed by atoms with Crippen molar-refractivity contribution < 1.29 is 19.0 Å². The summed E-state index contributed by atoms with van der Waals surface area (Å²) < 4.78 is 15.7. The van der Waals surface area contributed by atoms with Gasteiger partial charge in [-0.05, 0) is 36.6 Å². The van der Waals surface area contributed by atoms with E-state index in [1.807, 2.05) is 30.3 Å². The number of hydrogen-bond donors (Lipinski definition) is 1. The number of amides is 1. The van der Waals surface area contributed by atoms with Crippen LogP contribution in [0.5, 0.6) is 11.6 Å². The van der Waals surface area contributed by atoms with Crippen LogP contribution in [0.4, 0.5) is 5.69 Å². The fraction of sp³-hybridized carbons (Fsp3) is 0.455. The highest BCUT2D eigenvalue weighted by molar-refractivity contribution is 5.99. The molecule has 1 aliphatic rings. The molecule has 1 heterocycles. The highest BCUT2D eigenvalue weighted by Gasteiger charge is 2.41. The molecule has 150 valence electrons. The Bertz CT molecular complexity index is 753. The third-order valence-electron chi connectivity index (χ3n) is 5.32. The Hall–Kier alpha value is -2.60. The molecule has 0 bridgehead atoms. The van der Waals surface area contributed by atoms with Gasteiger partial charge in [-0.1, -0.05) is 31.4 Å². The smallest absolute Gasteiger partial charge is 0.235 e. The van der Waals surface area contributed by atoms with Gasteiger partial charge in [0.15, 0.2) is 0 Å². The van der Waals surface area contributed by atoms with Gasteiger partial charge in [-0.25, -0.2) is 4.98 Å². The maximum Gasteiger partial charge on any atom is 0.235 e. The first kappa shape index (κ1) is 20.1. The minimum atomic E-state index is -0.516. The van der Waals surface area contributed by atoms with E-state index in [0.717, 1.165) is 37.0 Å². The second kappa shape index (κ2) is 9.55. The summed E-state index contributed by atoms with van der Waals surface area (Å²) in [4.78, 5) is 17.6. The van der Waals surface area contributed by atoms with E-state index in [9.17, 15) is 4.79 Å². The molecule has 1 aromatic carbocycles. The van der Waals surface area contributed by atoms with Crippen LogP contribution in [0.3, 0.4) is 0 Å². The molecule has 1 fully saturated rings. The van der Waals surface area contributed by atoms with Gasteiger partial charge in [0, 0.05) is 13.2 Å². The Kier molecular flexibility index (Phi) is 6.87. The predicted molar refractivity (Wildman–Crippen MR) is 108 cm³/mol. The van der Waals surface area contributed by atoms with Crippen LogP contribution in [-0.2, 0) is 14.9 Å². The van der Waals surface area contributed by atoms with Gasteiger partial charge in [0.05, 0.1) is 31.0 Å². The van der Waals surface area contributed by atoms with Gasteiger partial charge in [-0.3, -0.25) is 4.79 Å². The topological polar surface area (TPSA) is 69.7 Å². The standard InChI is InChI=1S/C22H28N2O4/c1-26-14-15-28-20-11-8-18(16-23-20)24-21(25)22(12-4-3-5-13-22)17-6-9-19(27-2)10-7-17/h6-11,16H,3-5,12-15H2,1-2H3,(H,24,25). The summed E-state index contributed by atoms with van der Waals surface area (Å²) in [5.41, 5.74) is 1.19. The molecule has 0 atom stereocenters. The molecule has 0 radical (unpaired) electrons. The summed E-state index contributed by atoms with van der Waals surface area (Å²) in [6.07, 6.45) is 6.58. The van der Waals surface area contributed by atoms with Gasteiger partial charge in [-0.15, -0.1) is 0 Å². The zero-order valence-electron chi connectivity index (χ0n) is 16.6. The van der Waals surface area contributed by atoms with Gasteiger partial charge in [0.2, 0.25) is 11.8 Å². The van der Waals surface area contributed by atoms with Crippen molar-refractivity contribution in [1.29, 1.82) is 0 Å². The van der Waals surface area contributed by atoms with Crippen LogP contribution >= 0.6 is 0 Å². The van der Waals surface area contributed by atoms with Crippen LogP contribution in [0.15, 0.2) is 42.6 Å². The maximum absolute atomic E-state index is 13.3. The lowest BCUT2D eigenvalue weighted by Gasteiger charge is -2.36. The van der Waals surface area contributed by atoms with E-state index in [1.54, 1.807) is 26.5 Å². The first-order valence-electron chi connectivity index (χ1n) is 9.72. The number of ether oxygens (including phenoxy) is 3. The number of pyridine rings is 1. The van der Waals surface area contributed by atoms with Crippen molar-refractivity contribution in [1.82, 2.24) is 4.98 Å². The number of nitrogens with one attached hydrogen (secondary N) is 1. The van der Waals surface area contributed by atoms with Crippen molar-refractivity contribution in [3.8, 4) is 11.6 Å². The quantitative estimate of drug-likeness (QED) is 0.698. The Morgan fingerprint density at radius 1 is 1.04 bits per heavy atom. The number of carbonyl (C=O) groups excluding carboxylic acids is 1. The van der Waals surface area contributed by atoms with E-state index in [4.69, 9.17) is 14.2 Å². The van der Waals surface area contributed by atoms with Crippen molar-refractivity contribution in [2.45, 2.75) is 37.5 Å². The number of rotatable bonds is 8. The molecule has 0 saturated heterocycles. The summed E-state index contributed by atoms with van der Waals surface area (Å²) in [6.45, 7) is 0.945. The first-order chi connectivity index (χ1) is 13.7. The third-order valence-corrected chi connectivity index (χ3v) is 5.32. The summed E-state index contributed by atoms with van der Waals surface area (Å²) in [5.74, 6) is 1.33. The van der Waals surface area contributed by atoms with Crippen LogP contribution in [0.25, 0.3) is 0 Å². The zero-order valence-corrected chi connectivity index (χ0v) is 16.6. The lowest BCUT2D eigenvalue weighted by atomic mass is 9.68. The number of aromatic nitrogens is 1. The minimum Gasteiger partial charge on any atom is -0.497 e. The van der Waals surface area contributed by atoms with Crippen LogP contribution in [0.1, 0.15) is 37.7 Å². The highest BCUT2D eigenvalue weighted by atomic mass is 16.5. The molecule has 1 aromatic heterocycles. The van der Waals surface area contributed by atoms with Crippen molar-refractivity contribution in [2.24, 2.45) is 0 Å². The number of hydrogen-bond acceptors (Lipinski definition) is 5. The first-order valence-corrected chi connectivity index (χ1v) is 9.72. The Morgan fingerprint density at radius 2 is 1.79 bits per heavy atom. The van der Waals surface area contributed by atoms with E-state index in [-0.39, 0.29) is 5.91 Å². The molecule has 6 nitrogen and oxygen atoms in total. The fourth-order valence-electron chi connectivity index (χ4n) is 3.73. The fourth-order valence-corrected chi connectivity index (χ4v) is 3.73. The average molecular weight is 384 g/mol. The van der Waals surface area contributed by atoms with E-state index in [2.05, 4.69) is 10.3 Å². The summed E-state index contributed by atoms with van der Waals surface area (Å²) >= 11 is 0. The van der Waals surface area contributed by atoms with Crippen molar-refractivity contribution in [3.05, 3.63) is 48.2 Å². The van der Waals surface area contributed by atoms with Crippen LogP contribution in [-0.4, -0.2) is 38.3 Å². The third kappa shape index (κ3) is 4.62. The van der Waals surface area contributed by atoms with Gasteiger partial charge >= 0.3 is 0 Å². The Balaban J connectivity index is 1.74. The molecule has 1 N–H and O–H groups in total. The molecule has 3 rings (SSSR count). The SMILES string of the molecule is COCCOc1ccc(NC(=O)C2(c3ccc(OC)cc3)CCCCC2)cn1. The second-order valence-electron chi connectivity index (χ2n) is 7.05. The van der Waals surface area contributed by atoms with E-state index in [1.165, 1.54) is 6.42 Å². The van der Waals surface area contributed by atoms with Gasteiger partial charge < -0.3 is 19.5 Å². The summed E-state index contributed by atoms with van der Waals surface area (Å²) in [6, 6.07) is 11.4. The van der Waals surface area contributed by atoms with E-state index >= 15 is 0 Å². The molecule has 1 aliphatic carbocycles. The lowest BCUT2D eigenvalue weighted by Crippen LogP contribution is -2.42. The molecule has 0 unspecified atom stereocenters. The number of benzene rings is 1. The van der Waals surface area contributed by atoms with Crippen LogP contribution in [0, 0.1) is 0 Å². The Morgan fingerprint density at radius 3 is 2.39 bits per heavy atom. The predicted octanol–water partition coefficient (Wildman–Crippen LogP) is 3.96. The van der Waals surface area contributed by atoms with Crippen molar-refractivity contribution >= 4 is 11.6 Å². The van der Waals surface area contributed by atoms with Crippen molar-refractivity contribution in [2.75, 3.05) is 32.8 Å². The summed E-state index contributed by atoms with van der Waals surface area (Å²) in [7, 11) is 3.27. The minimum absolute atomic E-state index is 0.0206.